The molecule has 66 heavy (non-hydrogen) atoms. The van der Waals surface area contributed by atoms with E-state index in [1.165, 1.54) is 32.1 Å². The van der Waals surface area contributed by atoms with Crippen molar-refractivity contribution >= 4 is 27.6 Å². The van der Waals surface area contributed by atoms with Gasteiger partial charge in [0, 0.05) is 12.8 Å². The number of hydrogen-bond donors (Lipinski definition) is 8. The van der Waals surface area contributed by atoms with Crippen molar-refractivity contribution < 1.29 is 82.0 Å². The molecular weight excluding hydrogens is 898 g/mol. The topological polar surface area (TPSA) is 276 Å². The second-order valence-corrected chi connectivity index (χ2v) is 18.9. The van der Waals surface area contributed by atoms with Gasteiger partial charge < -0.3 is 49.7 Å². The molecule has 1 rings (SSSR count). The van der Waals surface area contributed by atoms with Crippen molar-refractivity contribution in [3.05, 3.63) is 72.9 Å². The highest BCUT2D eigenvalue weighted by molar-refractivity contribution is 7.47. The molecule has 1 aliphatic rings. The van der Waals surface area contributed by atoms with Crippen LogP contribution in [0.5, 0.6) is 0 Å². The summed E-state index contributed by atoms with van der Waals surface area (Å²) in [4.78, 5) is 54.2. The van der Waals surface area contributed by atoms with Crippen LogP contribution in [0, 0.1) is 0 Å². The Bertz CT molecular complexity index is 1570. The standard InChI is InChI=1S/C47H80O17P2/c1-3-5-7-9-11-12-13-14-15-16-17-18-23-27-31-35-41(50)62-39(37-61-66(58,59)64-47-44(53)42(51)43(52)46(45(47)54)63-65(55,56)57)36-60-40(49)34-30-26-22-20-19-21-25-29-33-38(48)32-28-24-10-8-6-4-2/h11-12,14-15,20-22,24-25,28-29,33,38-39,42-48,51-54H,3-10,13,16-19,23,26-27,30-32,34-37H2,1-2H3,(H,58,59)(H2,55,56,57)/b12-11-,15-14-,22-20-,25-21-,28-24-,33-29+/t38-,39-,42?,43?,44?,45?,46-,47+/m1/s1. The van der Waals surface area contributed by atoms with Crippen molar-refractivity contribution in [2.24, 2.45) is 0 Å². The van der Waals surface area contributed by atoms with Crippen molar-refractivity contribution in [1.82, 2.24) is 0 Å². The molecule has 0 heterocycles. The third kappa shape index (κ3) is 31.4. The van der Waals surface area contributed by atoms with Crippen molar-refractivity contribution in [3.8, 4) is 0 Å². The molecule has 0 aromatic carbocycles. The maximum absolute atomic E-state index is 13.0. The summed E-state index contributed by atoms with van der Waals surface area (Å²) in [5, 5.41) is 51.3. The first-order valence-corrected chi connectivity index (χ1v) is 26.6. The summed E-state index contributed by atoms with van der Waals surface area (Å²) in [5.74, 6) is -1.33. The smallest absolute Gasteiger partial charge is 0.462 e. The summed E-state index contributed by atoms with van der Waals surface area (Å²) < 4.78 is 49.2. The first-order valence-electron chi connectivity index (χ1n) is 23.6. The number of unbranched alkanes of at least 4 members (excludes halogenated alkanes) is 12. The Morgan fingerprint density at radius 1 is 0.561 bits per heavy atom. The number of phosphoric acid groups is 2. The largest absolute Gasteiger partial charge is 0.472 e. The summed E-state index contributed by atoms with van der Waals surface area (Å²) in [6, 6.07) is 0. The Balaban J connectivity index is 2.68. The van der Waals surface area contributed by atoms with E-state index >= 15 is 0 Å². The van der Waals surface area contributed by atoms with Crippen molar-refractivity contribution in [3.63, 3.8) is 0 Å². The highest BCUT2D eigenvalue weighted by Gasteiger charge is 2.54. The number of rotatable bonds is 38. The molecule has 0 radical (unpaired) electrons. The zero-order valence-corrected chi connectivity index (χ0v) is 40.7. The van der Waals surface area contributed by atoms with E-state index in [0.29, 0.717) is 32.1 Å². The first kappa shape index (κ1) is 61.4. The van der Waals surface area contributed by atoms with E-state index in [1.807, 2.05) is 30.4 Å². The molecule has 0 aromatic heterocycles. The van der Waals surface area contributed by atoms with Crippen LogP contribution in [-0.2, 0) is 41.8 Å². The zero-order chi connectivity index (χ0) is 49.1. The van der Waals surface area contributed by atoms with Crippen LogP contribution in [0.25, 0.3) is 0 Å². The van der Waals surface area contributed by atoms with Gasteiger partial charge in [0.1, 0.15) is 43.2 Å². The molecule has 17 nitrogen and oxygen atoms in total. The summed E-state index contributed by atoms with van der Waals surface area (Å²) >= 11 is 0. The molecule has 9 atom stereocenters. The van der Waals surface area contributed by atoms with E-state index in [9.17, 15) is 49.1 Å². The number of esters is 2. The van der Waals surface area contributed by atoms with Gasteiger partial charge in [-0.1, -0.05) is 132 Å². The average molecular weight is 979 g/mol. The quantitative estimate of drug-likeness (QED) is 0.00963. The molecule has 0 bridgehead atoms. The third-order valence-corrected chi connectivity index (χ3v) is 11.8. The lowest BCUT2D eigenvalue weighted by atomic mass is 9.85. The number of hydrogen-bond acceptors (Lipinski definition) is 14. The molecule has 0 spiro atoms. The lowest BCUT2D eigenvalue weighted by Crippen LogP contribution is -2.64. The van der Waals surface area contributed by atoms with Crippen LogP contribution in [0.3, 0.4) is 0 Å². The molecule has 19 heteroatoms. The van der Waals surface area contributed by atoms with Gasteiger partial charge in [-0.05, 0) is 77.0 Å². The van der Waals surface area contributed by atoms with Gasteiger partial charge in [0.2, 0.25) is 0 Å². The average Bonchev–Trinajstić information content (AvgIpc) is 3.27. The number of phosphoric ester groups is 2. The van der Waals surface area contributed by atoms with Crippen LogP contribution in [0.1, 0.15) is 149 Å². The van der Waals surface area contributed by atoms with Crippen LogP contribution >= 0.6 is 15.6 Å². The Hall–Kier alpha value is -2.60. The maximum Gasteiger partial charge on any atom is 0.472 e. The number of ether oxygens (including phenoxy) is 2. The third-order valence-electron chi connectivity index (χ3n) is 10.3. The molecule has 0 aliphatic heterocycles. The van der Waals surface area contributed by atoms with Crippen LogP contribution in [0.4, 0.5) is 0 Å². The van der Waals surface area contributed by atoms with Crippen LogP contribution < -0.4 is 0 Å². The summed E-state index contributed by atoms with van der Waals surface area (Å²) in [6.07, 6.45) is 26.0. The minimum absolute atomic E-state index is 0.000470. The van der Waals surface area contributed by atoms with E-state index in [1.54, 1.807) is 12.2 Å². The molecule has 0 amide bonds. The molecule has 0 aromatic rings. The lowest BCUT2D eigenvalue weighted by molar-refractivity contribution is -0.216. The molecule has 1 fully saturated rings. The molecule has 8 N–H and O–H groups in total. The fourth-order valence-corrected chi connectivity index (χ4v) is 8.14. The Morgan fingerprint density at radius 3 is 1.68 bits per heavy atom. The van der Waals surface area contributed by atoms with E-state index in [-0.39, 0.29) is 12.8 Å². The number of aliphatic hydroxyl groups excluding tert-OH is 5. The van der Waals surface area contributed by atoms with Crippen LogP contribution in [0.2, 0.25) is 0 Å². The first-order chi connectivity index (χ1) is 31.5. The molecule has 1 aliphatic carbocycles. The van der Waals surface area contributed by atoms with Gasteiger partial charge in [-0.2, -0.15) is 0 Å². The summed E-state index contributed by atoms with van der Waals surface area (Å²) in [6.45, 7) is 2.91. The minimum Gasteiger partial charge on any atom is -0.462 e. The van der Waals surface area contributed by atoms with E-state index in [4.69, 9.17) is 28.3 Å². The van der Waals surface area contributed by atoms with E-state index < -0.39 is 89.6 Å². The van der Waals surface area contributed by atoms with Gasteiger partial charge in [0.05, 0.1) is 12.7 Å². The lowest BCUT2D eigenvalue weighted by Gasteiger charge is -2.43. The van der Waals surface area contributed by atoms with Gasteiger partial charge in [-0.25, -0.2) is 9.13 Å². The summed E-state index contributed by atoms with van der Waals surface area (Å²) in [5.41, 5.74) is 0. The predicted octanol–water partition coefficient (Wildman–Crippen LogP) is 7.81. The highest BCUT2D eigenvalue weighted by Crippen LogP contribution is 2.49. The number of aliphatic hydroxyl groups is 5. The van der Waals surface area contributed by atoms with Gasteiger partial charge in [0.15, 0.2) is 6.10 Å². The second kappa shape index (κ2) is 37.3. The Morgan fingerprint density at radius 2 is 1.08 bits per heavy atom. The Kier molecular flexibility index (Phi) is 34.7. The summed E-state index contributed by atoms with van der Waals surface area (Å²) in [7, 11) is -10.7. The molecule has 1 saturated carbocycles. The SMILES string of the molecule is CCCCC/C=C\C/C=C\CCCCCCCC(=O)O[C@H](COC(=O)CCC/C=C\C/C=C\C=C\[C@H](O)C/C=C\CCCCC)COP(=O)(O)O[C@H]1C(O)C(O)C(O)[C@@H](OP(=O)(O)O)C1O. The molecule has 380 valence electrons. The molecular formula is C47H80O17P2. The highest BCUT2D eigenvalue weighted by atomic mass is 31.2. The number of carbonyl (C=O) groups is 2. The maximum atomic E-state index is 13.0. The fraction of sp³-hybridized carbons (Fsp3) is 0.702. The van der Waals surface area contributed by atoms with E-state index in [0.717, 1.165) is 57.8 Å². The molecule has 0 saturated heterocycles. The Labute approximate surface area is 392 Å². The normalized spacial score (nSPS) is 22.6. The van der Waals surface area contributed by atoms with Crippen LogP contribution in [0.15, 0.2) is 72.9 Å². The minimum atomic E-state index is -5.38. The molecule has 5 unspecified atom stereocenters. The van der Waals surface area contributed by atoms with E-state index in [2.05, 4.69) is 48.8 Å². The van der Waals surface area contributed by atoms with Gasteiger partial charge in [-0.15, -0.1) is 0 Å². The van der Waals surface area contributed by atoms with Crippen molar-refractivity contribution in [1.29, 1.82) is 0 Å². The van der Waals surface area contributed by atoms with Crippen molar-refractivity contribution in [2.45, 2.75) is 198 Å². The zero-order valence-electron chi connectivity index (χ0n) is 39.0. The fourth-order valence-electron chi connectivity index (χ4n) is 6.60. The van der Waals surface area contributed by atoms with Crippen LogP contribution in [-0.4, -0.2) is 114 Å². The monoisotopic (exact) mass is 978 g/mol. The van der Waals surface area contributed by atoms with Crippen molar-refractivity contribution in [2.75, 3.05) is 13.2 Å². The second-order valence-electron chi connectivity index (χ2n) is 16.3. The van der Waals surface area contributed by atoms with Gasteiger partial charge in [-0.3, -0.25) is 23.2 Å². The number of allylic oxidation sites excluding steroid dienone is 10. The predicted molar refractivity (Wildman–Crippen MR) is 252 cm³/mol. The van der Waals surface area contributed by atoms with Gasteiger partial charge in [0.25, 0.3) is 0 Å². The number of carbonyl (C=O) groups excluding carboxylic acids is 2. The van der Waals surface area contributed by atoms with Gasteiger partial charge >= 0.3 is 27.6 Å².